The Morgan fingerprint density at radius 2 is 1.90 bits per heavy atom. The predicted octanol–water partition coefficient (Wildman–Crippen LogP) is 2.76. The van der Waals surface area contributed by atoms with Crippen LogP contribution in [0.5, 0.6) is 0 Å². The smallest absolute Gasteiger partial charge is 0.294 e. The highest BCUT2D eigenvalue weighted by molar-refractivity contribution is 6.43. The highest BCUT2D eigenvalue weighted by Crippen LogP contribution is 2.56. The first-order chi connectivity index (χ1) is 14.2. The highest BCUT2D eigenvalue weighted by atomic mass is 19.1. The number of ketones is 1. The zero-order valence-electron chi connectivity index (χ0n) is 16.9. The molecule has 0 unspecified atom stereocenters. The van der Waals surface area contributed by atoms with Crippen molar-refractivity contribution < 1.29 is 18.8 Å². The van der Waals surface area contributed by atoms with Crippen LogP contribution in [0.4, 0.5) is 10.1 Å². The Kier molecular flexibility index (Phi) is 4.49. The third-order valence-corrected chi connectivity index (χ3v) is 6.34. The number of rotatable bonds is 5. The quantitative estimate of drug-likeness (QED) is 0.586. The van der Waals surface area contributed by atoms with E-state index in [1.54, 1.807) is 31.5 Å². The Bertz CT molecular complexity index is 1140. The second kappa shape index (κ2) is 6.80. The van der Waals surface area contributed by atoms with Crippen molar-refractivity contribution in [2.45, 2.75) is 38.6 Å². The van der Waals surface area contributed by atoms with E-state index >= 15 is 0 Å². The number of carbonyl (C=O) groups excluding carboxylic acids is 3. The second-order valence-electron chi connectivity index (χ2n) is 8.30. The van der Waals surface area contributed by atoms with Gasteiger partial charge in [-0.3, -0.25) is 14.4 Å². The molecule has 3 aliphatic rings. The normalized spacial score (nSPS) is 21.1. The Balaban J connectivity index is 1.58. The Labute approximate surface area is 172 Å². The lowest BCUT2D eigenvalue weighted by molar-refractivity contribution is -0.128. The van der Waals surface area contributed by atoms with Gasteiger partial charge in [-0.05, 0) is 62.8 Å². The summed E-state index contributed by atoms with van der Waals surface area (Å²) in [5.41, 5.74) is 1.21. The van der Waals surface area contributed by atoms with Crippen LogP contribution in [0.15, 0.2) is 18.2 Å². The van der Waals surface area contributed by atoms with E-state index in [2.05, 4.69) is 10.6 Å². The number of hydrogen-bond acceptors (Lipinski definition) is 4. The minimum absolute atomic E-state index is 0.165. The molecule has 2 bridgehead atoms. The van der Waals surface area contributed by atoms with E-state index in [-0.39, 0.29) is 28.0 Å². The van der Waals surface area contributed by atoms with Gasteiger partial charge in [-0.25, -0.2) is 4.39 Å². The lowest BCUT2D eigenvalue weighted by Crippen LogP contribution is -2.68. The van der Waals surface area contributed by atoms with Gasteiger partial charge in [0, 0.05) is 24.0 Å². The van der Waals surface area contributed by atoms with Gasteiger partial charge >= 0.3 is 0 Å². The van der Waals surface area contributed by atoms with E-state index in [1.165, 1.54) is 12.1 Å². The fourth-order valence-electron chi connectivity index (χ4n) is 4.55. The summed E-state index contributed by atoms with van der Waals surface area (Å²) in [5.74, 6) is -1.83. The van der Waals surface area contributed by atoms with Crippen LogP contribution in [0.3, 0.4) is 0 Å². The van der Waals surface area contributed by atoms with E-state index in [1.807, 2.05) is 0 Å². The maximum Gasteiger partial charge on any atom is 0.294 e. The van der Waals surface area contributed by atoms with Gasteiger partial charge in [-0.2, -0.15) is 5.26 Å². The largest absolute Gasteiger partial charge is 0.344 e. The summed E-state index contributed by atoms with van der Waals surface area (Å²) in [6.07, 6.45) is 2.77. The molecule has 7 nitrogen and oxygen atoms in total. The third kappa shape index (κ3) is 2.98. The van der Waals surface area contributed by atoms with Crippen LogP contribution < -0.4 is 10.6 Å². The van der Waals surface area contributed by atoms with Gasteiger partial charge in [-0.15, -0.1) is 0 Å². The molecule has 1 aromatic heterocycles. The number of hydrogen-bond donors (Lipinski definition) is 2. The van der Waals surface area contributed by atoms with Crippen molar-refractivity contribution >= 4 is 23.3 Å². The summed E-state index contributed by atoms with van der Waals surface area (Å²) < 4.78 is 15.1. The van der Waals surface area contributed by atoms with E-state index in [4.69, 9.17) is 5.26 Å². The summed E-state index contributed by atoms with van der Waals surface area (Å²) in [4.78, 5) is 38.2. The number of nitrogens with zero attached hydrogens (tertiary/aromatic N) is 2. The van der Waals surface area contributed by atoms with Crippen LogP contribution in [-0.4, -0.2) is 27.7 Å². The standard InChI is InChI=1S/C22H21FN4O3/c1-11-17(20(29)25-15-4-5-16(23)14(6-15)10-24)12(2)27(3)18(11)19(28)21(30)26-22-7-13(8-22)9-22/h4-6,13H,7-9H2,1-3H3,(H,25,29)(H,26,30). The maximum absolute atomic E-state index is 13.5. The summed E-state index contributed by atoms with van der Waals surface area (Å²) >= 11 is 0. The van der Waals surface area contributed by atoms with Crippen LogP contribution >= 0.6 is 0 Å². The van der Waals surface area contributed by atoms with Crippen molar-refractivity contribution in [3.8, 4) is 6.07 Å². The molecule has 3 aliphatic carbocycles. The number of nitriles is 1. The summed E-state index contributed by atoms with van der Waals surface area (Å²) in [6.45, 7) is 3.30. The van der Waals surface area contributed by atoms with Crippen LogP contribution in [0.1, 0.15) is 56.9 Å². The number of halogens is 1. The highest BCUT2D eigenvalue weighted by Gasteiger charge is 2.57. The predicted molar refractivity (Wildman–Crippen MR) is 107 cm³/mol. The molecule has 2 N–H and O–H groups in total. The number of carbonyl (C=O) groups is 3. The molecule has 1 aromatic carbocycles. The SMILES string of the molecule is Cc1c(C(=O)Nc2ccc(F)c(C#N)c2)c(C)n(C)c1C(=O)C(=O)NC12CC(C1)C2. The van der Waals surface area contributed by atoms with E-state index in [9.17, 15) is 18.8 Å². The van der Waals surface area contributed by atoms with Crippen LogP contribution in [0.2, 0.25) is 0 Å². The number of benzene rings is 1. The molecule has 2 aromatic rings. The lowest BCUT2D eigenvalue weighted by atomic mass is 9.50. The van der Waals surface area contributed by atoms with E-state index < -0.39 is 23.4 Å². The zero-order chi connectivity index (χ0) is 21.8. The topological polar surface area (TPSA) is 104 Å². The molecule has 1 heterocycles. The number of amides is 2. The fraction of sp³-hybridized carbons (Fsp3) is 0.364. The molecule has 154 valence electrons. The summed E-state index contributed by atoms with van der Waals surface area (Å²) in [5, 5.41) is 14.4. The van der Waals surface area contributed by atoms with Crippen molar-refractivity contribution in [1.29, 1.82) is 5.26 Å². The number of aromatic nitrogens is 1. The molecule has 8 heteroatoms. The first kappa shape index (κ1) is 19.8. The first-order valence-corrected chi connectivity index (χ1v) is 9.69. The van der Waals surface area contributed by atoms with Gasteiger partial charge in [0.2, 0.25) is 0 Å². The summed E-state index contributed by atoms with van der Waals surface area (Å²) in [6, 6.07) is 5.42. The van der Waals surface area contributed by atoms with Crippen molar-refractivity contribution in [2.75, 3.05) is 5.32 Å². The zero-order valence-corrected chi connectivity index (χ0v) is 16.9. The van der Waals surface area contributed by atoms with Crippen molar-refractivity contribution in [1.82, 2.24) is 9.88 Å². The van der Waals surface area contributed by atoms with Crippen molar-refractivity contribution in [3.05, 3.63) is 52.1 Å². The lowest BCUT2D eigenvalue weighted by Gasteiger charge is -2.61. The number of anilines is 1. The van der Waals surface area contributed by atoms with Crippen molar-refractivity contribution in [3.63, 3.8) is 0 Å². The molecule has 0 spiro atoms. The van der Waals surface area contributed by atoms with Crippen LogP contribution in [0.25, 0.3) is 0 Å². The van der Waals surface area contributed by atoms with Gasteiger partial charge < -0.3 is 15.2 Å². The first-order valence-electron chi connectivity index (χ1n) is 9.69. The van der Waals surface area contributed by atoms with Crippen LogP contribution in [-0.2, 0) is 11.8 Å². The fourth-order valence-corrected chi connectivity index (χ4v) is 4.55. The third-order valence-electron chi connectivity index (χ3n) is 6.34. The van der Waals surface area contributed by atoms with Gasteiger partial charge in [0.15, 0.2) is 0 Å². The molecule has 30 heavy (non-hydrogen) atoms. The van der Waals surface area contributed by atoms with Crippen molar-refractivity contribution in [2.24, 2.45) is 13.0 Å². The number of nitrogens with one attached hydrogen (secondary N) is 2. The van der Waals surface area contributed by atoms with Gasteiger partial charge in [0.25, 0.3) is 17.6 Å². The Morgan fingerprint density at radius 1 is 1.23 bits per heavy atom. The number of Topliss-reactive ketones (excluding diaryl/α,β-unsaturated/α-hetero) is 1. The molecule has 0 radical (unpaired) electrons. The molecule has 2 amide bonds. The summed E-state index contributed by atoms with van der Waals surface area (Å²) in [7, 11) is 1.63. The maximum atomic E-state index is 13.5. The monoisotopic (exact) mass is 408 g/mol. The molecule has 0 atom stereocenters. The van der Waals surface area contributed by atoms with Gasteiger partial charge in [0.1, 0.15) is 11.9 Å². The molecule has 3 fully saturated rings. The minimum Gasteiger partial charge on any atom is -0.344 e. The van der Waals surface area contributed by atoms with Crippen LogP contribution in [0, 0.1) is 36.9 Å². The average molecular weight is 408 g/mol. The average Bonchev–Trinajstić information content (AvgIpc) is 2.86. The van der Waals surface area contributed by atoms with Gasteiger partial charge in [0.05, 0.1) is 16.8 Å². The molecule has 5 rings (SSSR count). The van der Waals surface area contributed by atoms with E-state index in [0.29, 0.717) is 17.2 Å². The molecular formula is C22H21FN4O3. The molecular weight excluding hydrogens is 387 g/mol. The Hall–Kier alpha value is -3.47. The molecule has 3 saturated carbocycles. The molecule has 0 aliphatic heterocycles. The molecule has 0 saturated heterocycles. The minimum atomic E-state index is -0.676. The van der Waals surface area contributed by atoms with E-state index in [0.717, 1.165) is 25.3 Å². The Morgan fingerprint density at radius 3 is 2.47 bits per heavy atom. The van der Waals surface area contributed by atoms with Gasteiger partial charge in [-0.1, -0.05) is 0 Å². The second-order valence-corrected chi connectivity index (χ2v) is 8.30.